The van der Waals surface area contributed by atoms with Gasteiger partial charge in [0.15, 0.2) is 0 Å². The van der Waals surface area contributed by atoms with Crippen LogP contribution >= 0.6 is 0 Å². The minimum Gasteiger partial charge on any atom is -0.299 e. The summed E-state index contributed by atoms with van der Waals surface area (Å²) in [6.07, 6.45) is 10.9. The summed E-state index contributed by atoms with van der Waals surface area (Å²) in [7, 11) is 0. The Bertz CT molecular complexity index is 297. The predicted molar refractivity (Wildman–Crippen MR) is 69.2 cm³/mol. The van der Waals surface area contributed by atoms with E-state index in [0.29, 0.717) is 11.3 Å². The lowest BCUT2D eigenvalue weighted by Gasteiger charge is -2.41. The SMILES string of the molecule is CC(/C=C/C1C(C)CCCC1(C)C)=C\C=O. The first-order chi connectivity index (χ1) is 7.47. The summed E-state index contributed by atoms with van der Waals surface area (Å²) in [4.78, 5) is 10.3. The van der Waals surface area contributed by atoms with Gasteiger partial charge in [-0.05, 0) is 42.2 Å². The molecule has 0 aromatic heterocycles. The van der Waals surface area contributed by atoms with E-state index in [0.717, 1.165) is 17.8 Å². The van der Waals surface area contributed by atoms with Gasteiger partial charge in [0.2, 0.25) is 0 Å². The molecule has 1 aliphatic carbocycles. The first kappa shape index (κ1) is 13.2. The van der Waals surface area contributed by atoms with Gasteiger partial charge in [-0.2, -0.15) is 0 Å². The van der Waals surface area contributed by atoms with Crippen LogP contribution in [0.4, 0.5) is 0 Å². The van der Waals surface area contributed by atoms with Gasteiger partial charge in [-0.25, -0.2) is 0 Å². The van der Waals surface area contributed by atoms with Crippen LogP contribution in [0.25, 0.3) is 0 Å². The minimum absolute atomic E-state index is 0.398. The molecule has 0 aromatic rings. The van der Waals surface area contributed by atoms with E-state index in [1.165, 1.54) is 19.3 Å². The largest absolute Gasteiger partial charge is 0.299 e. The number of carbonyl (C=O) groups is 1. The average molecular weight is 220 g/mol. The number of allylic oxidation sites excluding steroid dienone is 4. The fourth-order valence-corrected chi connectivity index (χ4v) is 2.86. The molecular formula is C15H24O. The van der Waals surface area contributed by atoms with E-state index in [1.807, 2.05) is 6.92 Å². The molecule has 0 saturated heterocycles. The maximum Gasteiger partial charge on any atom is 0.143 e. The van der Waals surface area contributed by atoms with Crippen molar-refractivity contribution in [3.05, 3.63) is 23.8 Å². The number of hydrogen-bond donors (Lipinski definition) is 0. The van der Waals surface area contributed by atoms with Gasteiger partial charge >= 0.3 is 0 Å². The molecule has 0 spiro atoms. The van der Waals surface area contributed by atoms with Crippen LogP contribution in [-0.2, 0) is 4.79 Å². The van der Waals surface area contributed by atoms with Crippen LogP contribution < -0.4 is 0 Å². The molecule has 1 aliphatic rings. The zero-order valence-corrected chi connectivity index (χ0v) is 11.0. The van der Waals surface area contributed by atoms with Crippen LogP contribution in [-0.4, -0.2) is 6.29 Å². The Kier molecular flexibility index (Phi) is 4.52. The number of carbonyl (C=O) groups excluding carboxylic acids is 1. The van der Waals surface area contributed by atoms with Gasteiger partial charge in [0.25, 0.3) is 0 Å². The van der Waals surface area contributed by atoms with Crippen molar-refractivity contribution >= 4 is 6.29 Å². The molecule has 0 radical (unpaired) electrons. The van der Waals surface area contributed by atoms with Crippen LogP contribution in [0.2, 0.25) is 0 Å². The maximum atomic E-state index is 10.3. The standard InChI is InChI=1S/C15H24O/c1-12(9-11-16)7-8-14-13(2)6-5-10-15(14,3)4/h7-9,11,13-14H,5-6,10H2,1-4H3/b8-7+,12-9+. The highest BCUT2D eigenvalue weighted by Gasteiger charge is 2.34. The van der Waals surface area contributed by atoms with Crippen molar-refractivity contribution in [2.75, 3.05) is 0 Å². The van der Waals surface area contributed by atoms with Gasteiger partial charge in [0.1, 0.15) is 6.29 Å². The number of aldehydes is 1. The molecule has 1 nitrogen and oxygen atoms in total. The summed E-state index contributed by atoms with van der Waals surface area (Å²) in [6, 6.07) is 0. The Morgan fingerprint density at radius 2 is 2.06 bits per heavy atom. The van der Waals surface area contributed by atoms with E-state index in [-0.39, 0.29) is 0 Å². The van der Waals surface area contributed by atoms with Crippen LogP contribution in [0.5, 0.6) is 0 Å². The molecular weight excluding hydrogens is 196 g/mol. The van der Waals surface area contributed by atoms with Gasteiger partial charge in [-0.15, -0.1) is 0 Å². The maximum absolute atomic E-state index is 10.3. The van der Waals surface area contributed by atoms with E-state index in [4.69, 9.17) is 0 Å². The predicted octanol–water partition coefficient (Wildman–Crippen LogP) is 4.15. The second kappa shape index (κ2) is 5.47. The first-order valence-electron chi connectivity index (χ1n) is 6.27. The minimum atomic E-state index is 0.398. The smallest absolute Gasteiger partial charge is 0.143 e. The summed E-state index contributed by atoms with van der Waals surface area (Å²) in [5, 5.41) is 0. The molecule has 0 amide bonds. The Morgan fingerprint density at radius 1 is 1.38 bits per heavy atom. The van der Waals surface area contributed by atoms with Crippen molar-refractivity contribution in [3.8, 4) is 0 Å². The molecule has 1 rings (SSSR count). The van der Waals surface area contributed by atoms with Crippen molar-refractivity contribution in [3.63, 3.8) is 0 Å². The molecule has 0 N–H and O–H groups in total. The zero-order valence-electron chi connectivity index (χ0n) is 11.0. The first-order valence-corrected chi connectivity index (χ1v) is 6.27. The monoisotopic (exact) mass is 220 g/mol. The summed E-state index contributed by atoms with van der Waals surface area (Å²) in [6.45, 7) is 9.03. The average Bonchev–Trinajstić information content (AvgIpc) is 2.16. The molecule has 16 heavy (non-hydrogen) atoms. The van der Waals surface area contributed by atoms with Crippen molar-refractivity contribution in [2.45, 2.75) is 47.0 Å². The van der Waals surface area contributed by atoms with Gasteiger partial charge in [0.05, 0.1) is 0 Å². The zero-order chi connectivity index (χ0) is 12.2. The van der Waals surface area contributed by atoms with Crippen LogP contribution in [0.15, 0.2) is 23.8 Å². The highest BCUT2D eigenvalue weighted by atomic mass is 16.1. The van der Waals surface area contributed by atoms with E-state index in [1.54, 1.807) is 6.08 Å². The van der Waals surface area contributed by atoms with E-state index >= 15 is 0 Å². The Labute approximate surface area is 99.6 Å². The molecule has 0 bridgehead atoms. The second-order valence-electron chi connectivity index (χ2n) is 5.79. The lowest BCUT2D eigenvalue weighted by Crippen LogP contribution is -2.32. The van der Waals surface area contributed by atoms with Crippen LogP contribution in [0, 0.1) is 17.3 Å². The van der Waals surface area contributed by atoms with Crippen molar-refractivity contribution in [2.24, 2.45) is 17.3 Å². The van der Waals surface area contributed by atoms with E-state index in [2.05, 4.69) is 32.9 Å². The topological polar surface area (TPSA) is 17.1 Å². The summed E-state index contributed by atoms with van der Waals surface area (Å²) >= 11 is 0. The quantitative estimate of drug-likeness (QED) is 0.397. The number of rotatable bonds is 3. The van der Waals surface area contributed by atoms with Crippen LogP contribution in [0.1, 0.15) is 47.0 Å². The molecule has 1 heteroatoms. The third-order valence-corrected chi connectivity index (χ3v) is 3.89. The third-order valence-electron chi connectivity index (χ3n) is 3.89. The van der Waals surface area contributed by atoms with Crippen molar-refractivity contribution in [1.82, 2.24) is 0 Å². The molecule has 2 unspecified atom stereocenters. The van der Waals surface area contributed by atoms with Crippen molar-refractivity contribution < 1.29 is 4.79 Å². The summed E-state index contributed by atoms with van der Waals surface area (Å²) in [5.41, 5.74) is 1.44. The van der Waals surface area contributed by atoms with E-state index < -0.39 is 0 Å². The lowest BCUT2D eigenvalue weighted by molar-refractivity contribution is -0.104. The van der Waals surface area contributed by atoms with E-state index in [9.17, 15) is 4.79 Å². The Hall–Kier alpha value is -0.850. The van der Waals surface area contributed by atoms with Gasteiger partial charge in [-0.3, -0.25) is 4.79 Å². The number of hydrogen-bond acceptors (Lipinski definition) is 1. The molecule has 0 heterocycles. The van der Waals surface area contributed by atoms with Gasteiger partial charge in [0, 0.05) is 0 Å². The fourth-order valence-electron chi connectivity index (χ4n) is 2.86. The summed E-state index contributed by atoms with van der Waals surface area (Å²) < 4.78 is 0. The molecule has 2 atom stereocenters. The summed E-state index contributed by atoms with van der Waals surface area (Å²) in [5.74, 6) is 1.39. The molecule has 1 saturated carbocycles. The molecule has 0 aromatic carbocycles. The normalized spacial score (nSPS) is 30.6. The second-order valence-corrected chi connectivity index (χ2v) is 5.79. The molecule has 0 aliphatic heterocycles. The Morgan fingerprint density at radius 3 is 2.62 bits per heavy atom. The third kappa shape index (κ3) is 3.33. The highest BCUT2D eigenvalue weighted by Crippen LogP contribution is 2.44. The molecule has 1 fully saturated rings. The van der Waals surface area contributed by atoms with Gasteiger partial charge in [-0.1, -0.05) is 45.8 Å². The lowest BCUT2D eigenvalue weighted by atomic mass is 9.64. The fraction of sp³-hybridized carbons (Fsp3) is 0.667. The highest BCUT2D eigenvalue weighted by molar-refractivity contribution is 5.66. The Balaban J connectivity index is 2.76. The van der Waals surface area contributed by atoms with Crippen molar-refractivity contribution in [1.29, 1.82) is 0 Å². The van der Waals surface area contributed by atoms with Gasteiger partial charge < -0.3 is 0 Å². The van der Waals surface area contributed by atoms with Crippen LogP contribution in [0.3, 0.4) is 0 Å². The molecule has 90 valence electrons.